The normalized spacial score (nSPS) is 14.8. The minimum absolute atomic E-state index is 0.0277. The second kappa shape index (κ2) is 4.70. The smallest absolute Gasteiger partial charge is 0.338 e. The van der Waals surface area contributed by atoms with Gasteiger partial charge in [-0.3, -0.25) is 0 Å². The standard InChI is InChI=1S/C15H17NO3/c1-2-19-15(18)10-3-6-14-11(7-10)8-13(9-17)16(14)12-4-5-12/h3,6-8,12,17H,2,4-5,9H2,1H3. The van der Waals surface area contributed by atoms with E-state index in [9.17, 15) is 9.90 Å². The lowest BCUT2D eigenvalue weighted by Gasteiger charge is -2.07. The Morgan fingerprint density at radius 3 is 2.84 bits per heavy atom. The van der Waals surface area contributed by atoms with E-state index in [1.165, 1.54) is 0 Å². The van der Waals surface area contributed by atoms with E-state index in [1.807, 2.05) is 18.2 Å². The van der Waals surface area contributed by atoms with Crippen molar-refractivity contribution in [2.24, 2.45) is 0 Å². The summed E-state index contributed by atoms with van der Waals surface area (Å²) in [6.45, 7) is 2.20. The predicted octanol–water partition coefficient (Wildman–Crippen LogP) is 2.65. The molecule has 0 amide bonds. The zero-order valence-corrected chi connectivity index (χ0v) is 10.9. The van der Waals surface area contributed by atoms with Gasteiger partial charge >= 0.3 is 5.97 Å². The SMILES string of the molecule is CCOC(=O)c1ccc2c(c1)cc(CO)n2C1CC1. The molecular formula is C15H17NO3. The molecule has 0 bridgehead atoms. The maximum atomic E-state index is 11.7. The van der Waals surface area contributed by atoms with Crippen LogP contribution >= 0.6 is 0 Å². The predicted molar refractivity (Wildman–Crippen MR) is 72.1 cm³/mol. The summed E-state index contributed by atoms with van der Waals surface area (Å²) in [5.74, 6) is -0.297. The van der Waals surface area contributed by atoms with E-state index >= 15 is 0 Å². The highest BCUT2D eigenvalue weighted by atomic mass is 16.5. The first-order valence-corrected chi connectivity index (χ1v) is 6.66. The molecule has 1 N–H and O–H groups in total. The Hall–Kier alpha value is -1.81. The molecule has 19 heavy (non-hydrogen) atoms. The average Bonchev–Trinajstić information content (AvgIpc) is 3.18. The van der Waals surface area contributed by atoms with Crippen LogP contribution in [-0.4, -0.2) is 22.2 Å². The maximum Gasteiger partial charge on any atom is 0.338 e. The number of aliphatic hydroxyl groups is 1. The molecule has 0 spiro atoms. The Morgan fingerprint density at radius 2 is 2.21 bits per heavy atom. The zero-order valence-electron chi connectivity index (χ0n) is 10.9. The molecular weight excluding hydrogens is 242 g/mol. The molecule has 1 aliphatic rings. The number of aromatic nitrogens is 1. The number of hydrogen-bond donors (Lipinski definition) is 1. The first-order chi connectivity index (χ1) is 9.24. The number of carbonyl (C=O) groups is 1. The van der Waals surface area contributed by atoms with Gasteiger partial charge in [0.1, 0.15) is 0 Å². The number of esters is 1. The monoisotopic (exact) mass is 259 g/mol. The summed E-state index contributed by atoms with van der Waals surface area (Å²) < 4.78 is 7.19. The summed E-state index contributed by atoms with van der Waals surface area (Å²) in [4.78, 5) is 11.7. The van der Waals surface area contributed by atoms with E-state index < -0.39 is 0 Å². The number of benzene rings is 1. The zero-order chi connectivity index (χ0) is 13.4. The number of aliphatic hydroxyl groups excluding tert-OH is 1. The number of fused-ring (bicyclic) bond motifs is 1. The van der Waals surface area contributed by atoms with E-state index in [4.69, 9.17) is 4.74 Å². The van der Waals surface area contributed by atoms with Crippen molar-refractivity contribution in [1.29, 1.82) is 0 Å². The van der Waals surface area contributed by atoms with Gasteiger partial charge in [-0.25, -0.2) is 4.79 Å². The van der Waals surface area contributed by atoms with Crippen LogP contribution in [0.15, 0.2) is 24.3 Å². The van der Waals surface area contributed by atoms with Gasteiger partial charge in [-0.2, -0.15) is 0 Å². The van der Waals surface area contributed by atoms with Crippen LogP contribution in [0.3, 0.4) is 0 Å². The van der Waals surface area contributed by atoms with Crippen molar-refractivity contribution in [2.45, 2.75) is 32.4 Å². The van der Waals surface area contributed by atoms with E-state index in [1.54, 1.807) is 13.0 Å². The fourth-order valence-corrected chi connectivity index (χ4v) is 2.52. The molecule has 0 radical (unpaired) electrons. The van der Waals surface area contributed by atoms with Gasteiger partial charge < -0.3 is 14.4 Å². The highest BCUT2D eigenvalue weighted by Crippen LogP contribution is 2.39. The summed E-state index contributed by atoms with van der Waals surface area (Å²) >= 11 is 0. The number of hydrogen-bond acceptors (Lipinski definition) is 3. The van der Waals surface area contributed by atoms with Gasteiger partial charge in [0.05, 0.1) is 18.8 Å². The summed E-state index contributed by atoms with van der Waals surface area (Å²) in [5.41, 5.74) is 2.56. The third-order valence-electron chi connectivity index (χ3n) is 3.50. The molecule has 1 saturated carbocycles. The van der Waals surface area contributed by atoms with Gasteiger partial charge in [0.15, 0.2) is 0 Å². The first-order valence-electron chi connectivity index (χ1n) is 6.66. The molecule has 0 saturated heterocycles. The van der Waals surface area contributed by atoms with E-state index in [0.717, 1.165) is 29.4 Å². The Balaban J connectivity index is 2.06. The highest BCUT2D eigenvalue weighted by molar-refractivity contribution is 5.95. The van der Waals surface area contributed by atoms with Crippen LogP contribution in [0.25, 0.3) is 10.9 Å². The van der Waals surface area contributed by atoms with Crippen molar-refractivity contribution in [3.05, 3.63) is 35.5 Å². The van der Waals surface area contributed by atoms with Crippen molar-refractivity contribution in [1.82, 2.24) is 4.57 Å². The van der Waals surface area contributed by atoms with Gasteiger partial charge in [-0.15, -0.1) is 0 Å². The maximum absolute atomic E-state index is 11.7. The van der Waals surface area contributed by atoms with Crippen molar-refractivity contribution in [3.8, 4) is 0 Å². The van der Waals surface area contributed by atoms with Crippen LogP contribution in [0.4, 0.5) is 0 Å². The Labute approximate surface area is 111 Å². The Kier molecular flexibility index (Phi) is 3.03. The lowest BCUT2D eigenvalue weighted by atomic mass is 10.1. The molecule has 0 unspecified atom stereocenters. The lowest BCUT2D eigenvalue weighted by molar-refractivity contribution is 0.0526. The third-order valence-corrected chi connectivity index (χ3v) is 3.50. The summed E-state index contributed by atoms with van der Waals surface area (Å²) in [6.07, 6.45) is 2.33. The molecule has 3 rings (SSSR count). The number of ether oxygens (including phenoxy) is 1. The van der Waals surface area contributed by atoms with Crippen LogP contribution in [0, 0.1) is 0 Å². The Morgan fingerprint density at radius 1 is 1.42 bits per heavy atom. The molecule has 1 aromatic heterocycles. The lowest BCUT2D eigenvalue weighted by Crippen LogP contribution is -2.04. The van der Waals surface area contributed by atoms with Crippen molar-refractivity contribution >= 4 is 16.9 Å². The first kappa shape index (κ1) is 12.2. The highest BCUT2D eigenvalue weighted by Gasteiger charge is 2.27. The second-order valence-electron chi connectivity index (χ2n) is 4.89. The third kappa shape index (κ3) is 2.12. The van der Waals surface area contributed by atoms with Gasteiger partial charge in [-0.1, -0.05) is 0 Å². The number of carbonyl (C=O) groups excluding carboxylic acids is 1. The molecule has 0 aliphatic heterocycles. The summed E-state index contributed by atoms with van der Waals surface area (Å²) in [6, 6.07) is 8.04. The van der Waals surface area contributed by atoms with Crippen molar-refractivity contribution in [2.75, 3.05) is 6.61 Å². The summed E-state index contributed by atoms with van der Waals surface area (Å²) in [7, 11) is 0. The second-order valence-corrected chi connectivity index (χ2v) is 4.89. The topological polar surface area (TPSA) is 51.5 Å². The van der Waals surface area contributed by atoms with Crippen LogP contribution in [0.2, 0.25) is 0 Å². The van der Waals surface area contributed by atoms with E-state index in [2.05, 4.69) is 4.57 Å². The summed E-state index contributed by atoms with van der Waals surface area (Å²) in [5, 5.41) is 10.4. The van der Waals surface area contributed by atoms with Gasteiger partial charge in [-0.05, 0) is 44.0 Å². The van der Waals surface area contributed by atoms with Crippen LogP contribution < -0.4 is 0 Å². The van der Waals surface area contributed by atoms with Gasteiger partial charge in [0.2, 0.25) is 0 Å². The molecule has 0 atom stereocenters. The number of nitrogens with zero attached hydrogens (tertiary/aromatic N) is 1. The largest absolute Gasteiger partial charge is 0.462 e. The molecule has 1 aliphatic carbocycles. The number of rotatable bonds is 4. The molecule has 4 nitrogen and oxygen atoms in total. The molecule has 1 heterocycles. The van der Waals surface area contributed by atoms with E-state index in [0.29, 0.717) is 18.2 Å². The Bertz CT molecular complexity index is 626. The van der Waals surface area contributed by atoms with Crippen molar-refractivity contribution in [3.63, 3.8) is 0 Å². The fraction of sp³-hybridized carbons (Fsp3) is 0.400. The molecule has 1 aromatic carbocycles. The minimum atomic E-state index is -0.297. The van der Waals surface area contributed by atoms with Crippen LogP contribution in [-0.2, 0) is 11.3 Å². The molecule has 2 aromatic rings. The molecule has 1 fully saturated rings. The fourth-order valence-electron chi connectivity index (χ4n) is 2.52. The molecule has 100 valence electrons. The molecule has 4 heteroatoms. The van der Waals surface area contributed by atoms with E-state index in [-0.39, 0.29) is 12.6 Å². The van der Waals surface area contributed by atoms with Gasteiger partial charge in [0.25, 0.3) is 0 Å². The average molecular weight is 259 g/mol. The van der Waals surface area contributed by atoms with Crippen molar-refractivity contribution < 1.29 is 14.6 Å². The quantitative estimate of drug-likeness (QED) is 0.859. The van der Waals surface area contributed by atoms with Crippen LogP contribution in [0.1, 0.15) is 41.9 Å². The van der Waals surface area contributed by atoms with Gasteiger partial charge in [0, 0.05) is 22.6 Å². The minimum Gasteiger partial charge on any atom is -0.462 e. The van der Waals surface area contributed by atoms with Crippen LogP contribution in [0.5, 0.6) is 0 Å².